The van der Waals surface area contributed by atoms with Gasteiger partial charge in [-0.25, -0.2) is 26.8 Å². The SMILES string of the molecule is O=S(=O)([O-])c1ccc2c3nc4nc(nc5[n-]c(nc6nc(nc([n-]3)c2c1)-c1ccccc1-6)c1ccc(S(=O)(=O)[O-])cc51)-c1ccccc1-4.[Cu+2].[H+].[H+]. The first-order valence-electron chi connectivity index (χ1n) is 14.1. The third-order valence-electron chi connectivity index (χ3n) is 8.04. The van der Waals surface area contributed by atoms with Crippen molar-refractivity contribution in [1.82, 2.24) is 39.9 Å². The Morgan fingerprint density at radius 1 is 0.449 bits per heavy atom. The van der Waals surface area contributed by atoms with E-state index in [0.29, 0.717) is 33.0 Å². The third kappa shape index (κ3) is 4.99. The van der Waals surface area contributed by atoms with Gasteiger partial charge in [-0.3, -0.25) is 0 Å². The maximum absolute atomic E-state index is 12.0. The van der Waals surface area contributed by atoms with Crippen LogP contribution in [0.5, 0.6) is 0 Å². The quantitative estimate of drug-likeness (QED) is 0.180. The molecule has 0 saturated heterocycles. The Kier molecular flexibility index (Phi) is 6.80. The average molecular weight is 736 g/mol. The molecule has 0 N–H and O–H groups in total. The van der Waals surface area contributed by atoms with Crippen LogP contribution in [0.15, 0.2) is 94.7 Å². The van der Waals surface area contributed by atoms with Gasteiger partial charge >= 0.3 is 19.9 Å². The molecule has 9 rings (SSSR count). The van der Waals surface area contributed by atoms with Gasteiger partial charge in [-0.1, -0.05) is 60.7 Å². The standard InChI is InChI=1S/C32H16N8O6S2.Cu/c41-47(42,43)15-9-11-21-23(13-15)32-38-28-20-8-4-2-6-18(20)26(34-28)36-30-22-12-10-16(48(44,45)46)14-24(22)31(40-30)37-27-19-7-3-1-5-17(19)25(33-27)35-29(21)39-32;/h1-14H,(H2-2,33,34,35,36,37,38,39,40,41,42,43,44,45,46);/q-2;+2. The largest absolute Gasteiger partial charge is 2.00 e. The molecule has 3 aromatic heterocycles. The van der Waals surface area contributed by atoms with E-state index in [9.17, 15) is 25.9 Å². The molecule has 5 heterocycles. The molecular formula is C32H16CuN8O6S2. The van der Waals surface area contributed by atoms with Gasteiger partial charge in [0, 0.05) is 44.8 Å². The van der Waals surface area contributed by atoms with Crippen LogP contribution in [0.25, 0.3) is 89.7 Å². The van der Waals surface area contributed by atoms with Crippen molar-refractivity contribution < 1.29 is 45.9 Å². The molecule has 8 bridgehead atoms. The summed E-state index contributed by atoms with van der Waals surface area (Å²) in [6.45, 7) is 0. The summed E-state index contributed by atoms with van der Waals surface area (Å²) in [6.07, 6.45) is 0. The Morgan fingerprint density at radius 2 is 0.755 bits per heavy atom. The van der Waals surface area contributed by atoms with E-state index in [2.05, 4.69) is 19.9 Å². The predicted molar refractivity (Wildman–Crippen MR) is 172 cm³/mol. The van der Waals surface area contributed by atoms with Crippen molar-refractivity contribution in [2.75, 3.05) is 0 Å². The summed E-state index contributed by atoms with van der Waals surface area (Å²) >= 11 is 0. The van der Waals surface area contributed by atoms with Gasteiger partial charge in [-0.05, 0) is 45.8 Å². The zero-order valence-electron chi connectivity index (χ0n) is 26.2. The molecule has 0 saturated carbocycles. The van der Waals surface area contributed by atoms with Crippen molar-refractivity contribution in [2.24, 2.45) is 0 Å². The maximum atomic E-state index is 12.0. The van der Waals surface area contributed by atoms with Crippen molar-refractivity contribution in [3.8, 4) is 45.6 Å². The molecule has 2 aliphatic heterocycles. The van der Waals surface area contributed by atoms with E-state index in [1.807, 2.05) is 0 Å². The molecule has 49 heavy (non-hydrogen) atoms. The molecule has 1 radical (unpaired) electrons. The molecular weight excluding hydrogens is 720 g/mol. The Bertz CT molecular complexity index is 2790. The van der Waals surface area contributed by atoms with Crippen molar-refractivity contribution in [3.05, 3.63) is 84.9 Å². The van der Waals surface area contributed by atoms with Gasteiger partial charge in [-0.2, -0.15) is 0 Å². The fourth-order valence-electron chi connectivity index (χ4n) is 5.83. The molecule has 0 aliphatic carbocycles. The molecule has 2 aliphatic rings. The second-order valence-corrected chi connectivity index (χ2v) is 13.7. The number of nitrogens with zero attached hydrogens (tertiary/aromatic N) is 8. The van der Waals surface area contributed by atoms with Crippen LogP contribution in [0.2, 0.25) is 0 Å². The van der Waals surface area contributed by atoms with E-state index in [0.717, 1.165) is 0 Å². The van der Waals surface area contributed by atoms with Crippen LogP contribution in [0.3, 0.4) is 0 Å². The molecule has 0 atom stereocenters. The predicted octanol–water partition coefficient (Wildman–Crippen LogP) is 4.16. The zero-order chi connectivity index (χ0) is 32.9. The number of rotatable bonds is 2. The van der Waals surface area contributed by atoms with E-state index in [1.54, 1.807) is 48.5 Å². The zero-order valence-corrected chi connectivity index (χ0v) is 26.8. The minimum absolute atomic E-state index is 0. The van der Waals surface area contributed by atoms with Crippen LogP contribution in [0.1, 0.15) is 2.85 Å². The van der Waals surface area contributed by atoms with Crippen LogP contribution >= 0.6 is 0 Å². The van der Waals surface area contributed by atoms with Gasteiger partial charge in [0.25, 0.3) is 0 Å². The fourth-order valence-corrected chi connectivity index (χ4v) is 6.82. The molecule has 243 valence electrons. The molecule has 0 unspecified atom stereocenters. The third-order valence-corrected chi connectivity index (χ3v) is 9.70. The summed E-state index contributed by atoms with van der Waals surface area (Å²) < 4.78 is 71.8. The first-order chi connectivity index (χ1) is 23.0. The first kappa shape index (κ1) is 30.9. The molecule has 7 aromatic rings. The van der Waals surface area contributed by atoms with E-state index in [-0.39, 0.29) is 76.6 Å². The Balaban J connectivity index is 0.00000149. The second-order valence-electron chi connectivity index (χ2n) is 10.9. The van der Waals surface area contributed by atoms with Crippen molar-refractivity contribution in [2.45, 2.75) is 9.79 Å². The molecule has 17 heteroatoms. The summed E-state index contributed by atoms with van der Waals surface area (Å²) in [5, 5.41) is 1.35. The van der Waals surface area contributed by atoms with Gasteiger partial charge in [0.2, 0.25) is 0 Å². The molecule has 14 nitrogen and oxygen atoms in total. The van der Waals surface area contributed by atoms with Crippen LogP contribution in [-0.2, 0) is 37.3 Å². The Hall–Kier alpha value is -5.42. The minimum atomic E-state index is -4.81. The maximum Gasteiger partial charge on any atom is 2.00 e. The van der Waals surface area contributed by atoms with Crippen LogP contribution in [0, 0.1) is 0 Å². The number of benzene rings is 4. The van der Waals surface area contributed by atoms with E-state index in [4.69, 9.17) is 19.9 Å². The number of aromatic nitrogens is 8. The van der Waals surface area contributed by atoms with Crippen molar-refractivity contribution in [3.63, 3.8) is 0 Å². The van der Waals surface area contributed by atoms with Crippen molar-refractivity contribution >= 4 is 64.4 Å². The van der Waals surface area contributed by atoms with Crippen molar-refractivity contribution in [1.29, 1.82) is 0 Å². The second kappa shape index (κ2) is 10.8. The average Bonchev–Trinajstić information content (AvgIpc) is 3.79. The summed E-state index contributed by atoms with van der Waals surface area (Å²) in [7, 11) is -9.61. The van der Waals surface area contributed by atoms with Gasteiger partial charge < -0.3 is 39.0 Å². The Labute approximate surface area is 289 Å². The number of hydrogen-bond donors (Lipinski definition) is 0. The smallest absolute Gasteiger partial charge is 0.744 e. The summed E-state index contributed by atoms with van der Waals surface area (Å²) in [6, 6.07) is 22.0. The number of hydrogen-bond acceptors (Lipinski definition) is 12. The van der Waals surface area contributed by atoms with Gasteiger partial charge in [0.15, 0.2) is 0 Å². The molecule has 0 fully saturated rings. The minimum Gasteiger partial charge on any atom is -0.744 e. The van der Waals surface area contributed by atoms with Crippen LogP contribution in [0.4, 0.5) is 0 Å². The first-order valence-corrected chi connectivity index (χ1v) is 16.9. The van der Waals surface area contributed by atoms with E-state index < -0.39 is 30.0 Å². The van der Waals surface area contributed by atoms with E-state index >= 15 is 0 Å². The van der Waals surface area contributed by atoms with Crippen LogP contribution < -0.4 is 9.97 Å². The molecule has 0 amide bonds. The summed E-state index contributed by atoms with van der Waals surface area (Å²) in [5.41, 5.74) is 2.85. The van der Waals surface area contributed by atoms with Gasteiger partial charge in [0.1, 0.15) is 20.2 Å². The molecule has 4 aromatic carbocycles. The Morgan fingerprint density at radius 3 is 1.06 bits per heavy atom. The summed E-state index contributed by atoms with van der Waals surface area (Å²) in [5.74, 6) is 0.867. The van der Waals surface area contributed by atoms with Gasteiger partial charge in [-0.15, -0.1) is 0 Å². The normalized spacial score (nSPS) is 12.4. The van der Waals surface area contributed by atoms with Gasteiger partial charge in [0.05, 0.1) is 33.1 Å². The van der Waals surface area contributed by atoms with Crippen LogP contribution in [-0.4, -0.2) is 55.8 Å². The molecule has 0 spiro atoms. The number of fused-ring (bicyclic) bond motifs is 20. The monoisotopic (exact) mass is 735 g/mol. The topological polar surface area (TPSA) is 220 Å². The summed E-state index contributed by atoms with van der Waals surface area (Å²) in [4.78, 5) is 36.6. The van der Waals surface area contributed by atoms with E-state index in [1.165, 1.54) is 36.4 Å². The fraction of sp³-hybridized carbons (Fsp3) is 0.